The first-order valence-corrected chi connectivity index (χ1v) is 7.10. The summed E-state index contributed by atoms with van der Waals surface area (Å²) in [5.41, 5.74) is 1.80. The van der Waals surface area contributed by atoms with Gasteiger partial charge < -0.3 is 4.42 Å². The molecule has 1 aromatic heterocycles. The molecular weight excluding hydrogens is 324 g/mol. The first-order valence-electron chi connectivity index (χ1n) is 5.93. The van der Waals surface area contributed by atoms with E-state index < -0.39 is 0 Å². The average Bonchev–Trinajstić information content (AvgIpc) is 2.77. The number of hydrogen-bond donors (Lipinski definition) is 0. The van der Waals surface area contributed by atoms with E-state index in [1.54, 1.807) is 0 Å². The minimum absolute atomic E-state index is 0.736. The molecular formula is C16H8BrClO. The molecule has 0 aliphatic heterocycles. The Morgan fingerprint density at radius 2 is 1.68 bits per heavy atom. The third kappa shape index (κ3) is 1.60. The van der Waals surface area contributed by atoms with Gasteiger partial charge in [0.2, 0.25) is 0 Å². The van der Waals surface area contributed by atoms with E-state index in [4.69, 9.17) is 16.0 Å². The van der Waals surface area contributed by atoms with Crippen LogP contribution in [0.1, 0.15) is 0 Å². The number of halogens is 2. The van der Waals surface area contributed by atoms with E-state index in [0.29, 0.717) is 0 Å². The molecule has 4 rings (SSSR count). The topological polar surface area (TPSA) is 13.1 Å². The first kappa shape index (κ1) is 11.3. The molecule has 3 heteroatoms. The van der Waals surface area contributed by atoms with E-state index in [2.05, 4.69) is 22.0 Å². The highest BCUT2D eigenvalue weighted by molar-refractivity contribution is 9.10. The second-order valence-electron chi connectivity index (χ2n) is 4.52. The van der Waals surface area contributed by atoms with Crippen LogP contribution in [0.25, 0.3) is 32.7 Å². The fourth-order valence-electron chi connectivity index (χ4n) is 2.57. The van der Waals surface area contributed by atoms with E-state index in [0.717, 1.165) is 42.2 Å². The molecule has 0 aliphatic carbocycles. The number of benzene rings is 3. The zero-order valence-corrected chi connectivity index (χ0v) is 12.1. The summed E-state index contributed by atoms with van der Waals surface area (Å²) in [6.45, 7) is 0. The Hall–Kier alpha value is -1.51. The molecule has 1 heterocycles. The predicted octanol–water partition coefficient (Wildman–Crippen LogP) is 6.16. The van der Waals surface area contributed by atoms with Crippen LogP contribution in [0.4, 0.5) is 0 Å². The average molecular weight is 332 g/mol. The third-order valence-electron chi connectivity index (χ3n) is 3.39. The molecule has 0 bridgehead atoms. The Morgan fingerprint density at radius 3 is 2.58 bits per heavy atom. The summed E-state index contributed by atoms with van der Waals surface area (Å²) in [7, 11) is 0. The summed E-state index contributed by atoms with van der Waals surface area (Å²) in [5, 5.41) is 5.27. The maximum absolute atomic E-state index is 6.09. The van der Waals surface area contributed by atoms with Crippen LogP contribution in [0.5, 0.6) is 0 Å². The van der Waals surface area contributed by atoms with Crippen LogP contribution in [0.2, 0.25) is 5.02 Å². The van der Waals surface area contributed by atoms with Crippen LogP contribution in [0, 0.1) is 0 Å². The molecule has 0 saturated carbocycles. The zero-order chi connectivity index (χ0) is 13.0. The Kier molecular flexibility index (Phi) is 2.38. The van der Waals surface area contributed by atoms with Crippen molar-refractivity contribution in [2.75, 3.05) is 0 Å². The fourth-order valence-corrected chi connectivity index (χ4v) is 3.28. The van der Waals surface area contributed by atoms with Gasteiger partial charge in [-0.2, -0.15) is 0 Å². The second-order valence-corrected chi connectivity index (χ2v) is 5.81. The lowest BCUT2D eigenvalue weighted by molar-refractivity contribution is 0.669. The van der Waals surface area contributed by atoms with Crippen molar-refractivity contribution in [1.82, 2.24) is 0 Å². The van der Waals surface area contributed by atoms with Gasteiger partial charge >= 0.3 is 0 Å². The summed E-state index contributed by atoms with van der Waals surface area (Å²) in [6.07, 6.45) is 0. The lowest BCUT2D eigenvalue weighted by atomic mass is 10.0. The van der Waals surface area contributed by atoms with Crippen molar-refractivity contribution in [3.05, 3.63) is 58.0 Å². The van der Waals surface area contributed by atoms with Crippen LogP contribution < -0.4 is 0 Å². The summed E-state index contributed by atoms with van der Waals surface area (Å²) in [6, 6.07) is 16.0. The number of para-hydroxylation sites is 1. The standard InChI is InChI=1S/C16H8BrClO/c17-13-8-15-16(10-6-5-9(18)7-12(10)13)11-3-1-2-4-14(11)19-15/h1-8H. The molecule has 1 nitrogen and oxygen atoms in total. The Bertz CT molecular complexity index is 940. The molecule has 3 aromatic carbocycles. The lowest BCUT2D eigenvalue weighted by Gasteiger charge is -2.03. The Labute approximate surface area is 122 Å². The van der Waals surface area contributed by atoms with Crippen LogP contribution in [0.3, 0.4) is 0 Å². The molecule has 0 saturated heterocycles. The van der Waals surface area contributed by atoms with Gasteiger partial charge in [0.15, 0.2) is 0 Å². The Balaban J connectivity index is 2.35. The van der Waals surface area contributed by atoms with Crippen molar-refractivity contribution in [3.8, 4) is 0 Å². The van der Waals surface area contributed by atoms with Crippen LogP contribution in [-0.4, -0.2) is 0 Å². The van der Waals surface area contributed by atoms with Gasteiger partial charge in [0, 0.05) is 20.3 Å². The molecule has 0 unspecified atom stereocenters. The van der Waals surface area contributed by atoms with Gasteiger partial charge in [-0.3, -0.25) is 0 Å². The Morgan fingerprint density at radius 1 is 0.842 bits per heavy atom. The predicted molar refractivity (Wildman–Crippen MR) is 83.9 cm³/mol. The van der Waals surface area contributed by atoms with E-state index in [1.807, 2.05) is 42.5 Å². The largest absolute Gasteiger partial charge is 0.456 e. The van der Waals surface area contributed by atoms with Crippen LogP contribution in [-0.2, 0) is 0 Å². The molecule has 0 atom stereocenters. The van der Waals surface area contributed by atoms with Crippen molar-refractivity contribution in [2.45, 2.75) is 0 Å². The lowest BCUT2D eigenvalue weighted by Crippen LogP contribution is -1.77. The zero-order valence-electron chi connectivity index (χ0n) is 9.78. The maximum atomic E-state index is 6.09. The van der Waals surface area contributed by atoms with Gasteiger partial charge in [-0.15, -0.1) is 0 Å². The summed E-state index contributed by atoms with van der Waals surface area (Å²) < 4.78 is 6.91. The highest BCUT2D eigenvalue weighted by Crippen LogP contribution is 2.38. The van der Waals surface area contributed by atoms with Gasteiger partial charge in [0.25, 0.3) is 0 Å². The van der Waals surface area contributed by atoms with Crippen LogP contribution >= 0.6 is 27.5 Å². The minimum atomic E-state index is 0.736. The summed E-state index contributed by atoms with van der Waals surface area (Å²) in [4.78, 5) is 0. The number of hydrogen-bond acceptors (Lipinski definition) is 1. The van der Waals surface area contributed by atoms with Crippen LogP contribution in [0.15, 0.2) is 57.4 Å². The van der Waals surface area contributed by atoms with Gasteiger partial charge in [-0.1, -0.05) is 51.8 Å². The third-order valence-corrected chi connectivity index (χ3v) is 4.28. The van der Waals surface area contributed by atoms with E-state index in [1.165, 1.54) is 0 Å². The monoisotopic (exact) mass is 330 g/mol. The van der Waals surface area contributed by atoms with Crippen molar-refractivity contribution in [1.29, 1.82) is 0 Å². The highest BCUT2D eigenvalue weighted by atomic mass is 79.9. The molecule has 92 valence electrons. The fraction of sp³-hybridized carbons (Fsp3) is 0. The maximum Gasteiger partial charge on any atom is 0.137 e. The smallest absolute Gasteiger partial charge is 0.137 e. The molecule has 0 spiro atoms. The molecule has 0 aliphatic rings. The molecule has 0 fully saturated rings. The number of fused-ring (bicyclic) bond motifs is 5. The van der Waals surface area contributed by atoms with E-state index in [-0.39, 0.29) is 0 Å². The van der Waals surface area contributed by atoms with E-state index in [9.17, 15) is 0 Å². The first-order chi connectivity index (χ1) is 9.24. The highest BCUT2D eigenvalue weighted by Gasteiger charge is 2.12. The number of rotatable bonds is 0. The minimum Gasteiger partial charge on any atom is -0.456 e. The van der Waals surface area contributed by atoms with Gasteiger partial charge in [0.05, 0.1) is 0 Å². The summed E-state index contributed by atoms with van der Waals surface area (Å²) in [5.74, 6) is 0. The second kappa shape index (κ2) is 3.99. The normalized spacial score (nSPS) is 11.7. The number of furan rings is 1. The van der Waals surface area contributed by atoms with Crippen molar-refractivity contribution in [2.24, 2.45) is 0 Å². The van der Waals surface area contributed by atoms with E-state index >= 15 is 0 Å². The SMILES string of the molecule is Clc1ccc2c(c1)c(Br)cc1oc3ccccc3c12. The molecule has 0 radical (unpaired) electrons. The van der Waals surface area contributed by atoms with Gasteiger partial charge in [-0.25, -0.2) is 0 Å². The molecule has 19 heavy (non-hydrogen) atoms. The van der Waals surface area contributed by atoms with Gasteiger partial charge in [-0.05, 0) is 35.0 Å². The van der Waals surface area contributed by atoms with Gasteiger partial charge in [0.1, 0.15) is 11.2 Å². The molecule has 0 N–H and O–H groups in total. The molecule has 4 aromatic rings. The van der Waals surface area contributed by atoms with Crippen molar-refractivity contribution < 1.29 is 4.42 Å². The van der Waals surface area contributed by atoms with Crippen molar-refractivity contribution in [3.63, 3.8) is 0 Å². The summed E-state index contributed by atoms with van der Waals surface area (Å²) >= 11 is 9.68. The quantitative estimate of drug-likeness (QED) is 0.376. The van der Waals surface area contributed by atoms with Crippen molar-refractivity contribution >= 4 is 60.2 Å². The molecule has 0 amide bonds.